The lowest BCUT2D eigenvalue weighted by Crippen LogP contribution is -2.45. The molecule has 0 aliphatic carbocycles. The first-order valence-corrected chi connectivity index (χ1v) is 8.15. The largest absolute Gasteiger partial charge is 0.318 e. The number of rotatable bonds is 9. The van der Waals surface area contributed by atoms with E-state index in [0.717, 1.165) is 6.54 Å². The smallest absolute Gasteiger partial charge is 0.215 e. The molecule has 0 aromatic carbocycles. The Morgan fingerprint density at radius 1 is 1.06 bits per heavy atom. The van der Waals surface area contributed by atoms with Gasteiger partial charge in [-0.25, -0.2) is 13.1 Å². The van der Waals surface area contributed by atoms with Crippen LogP contribution in [0.1, 0.15) is 34.6 Å². The van der Waals surface area contributed by atoms with Gasteiger partial charge in [0.2, 0.25) is 10.0 Å². The van der Waals surface area contributed by atoms with Gasteiger partial charge in [0.1, 0.15) is 0 Å². The molecule has 1 unspecified atom stereocenters. The lowest BCUT2D eigenvalue weighted by Gasteiger charge is -2.30. The van der Waals surface area contributed by atoms with Crippen LogP contribution in [0.2, 0.25) is 0 Å². The Morgan fingerprint density at radius 3 is 1.94 bits per heavy atom. The average molecular weight is 279 g/mol. The van der Waals surface area contributed by atoms with Gasteiger partial charge in [-0.05, 0) is 41.7 Å². The fourth-order valence-electron chi connectivity index (χ4n) is 1.97. The van der Waals surface area contributed by atoms with Crippen LogP contribution < -0.4 is 10.0 Å². The molecule has 0 radical (unpaired) electrons. The maximum Gasteiger partial charge on any atom is 0.215 e. The van der Waals surface area contributed by atoms with Crippen molar-refractivity contribution in [2.75, 3.05) is 26.7 Å². The second-order valence-corrected chi connectivity index (χ2v) is 7.42. The van der Waals surface area contributed by atoms with Crippen molar-refractivity contribution in [1.29, 1.82) is 0 Å². The van der Waals surface area contributed by atoms with E-state index in [1.807, 2.05) is 0 Å². The molecule has 0 bridgehead atoms. The van der Waals surface area contributed by atoms with Gasteiger partial charge in [-0.1, -0.05) is 0 Å². The summed E-state index contributed by atoms with van der Waals surface area (Å²) in [6, 6.07) is 0.841. The van der Waals surface area contributed by atoms with Gasteiger partial charge in [-0.15, -0.1) is 0 Å². The minimum Gasteiger partial charge on any atom is -0.318 e. The summed E-state index contributed by atoms with van der Waals surface area (Å²) in [5.74, 6) is 0. The van der Waals surface area contributed by atoms with Gasteiger partial charge in [0.05, 0.1) is 5.25 Å². The lowest BCUT2D eigenvalue weighted by molar-refractivity contribution is 0.179. The second kappa shape index (κ2) is 8.09. The van der Waals surface area contributed by atoms with E-state index in [2.05, 4.69) is 42.6 Å². The highest BCUT2D eigenvalue weighted by Gasteiger charge is 2.20. The molecule has 0 rings (SSSR count). The lowest BCUT2D eigenvalue weighted by atomic mass is 10.2. The molecule has 0 saturated carbocycles. The van der Waals surface area contributed by atoms with Crippen molar-refractivity contribution >= 4 is 10.0 Å². The Morgan fingerprint density at radius 2 is 1.56 bits per heavy atom. The van der Waals surface area contributed by atoms with Gasteiger partial charge >= 0.3 is 0 Å². The van der Waals surface area contributed by atoms with Crippen LogP contribution in [0.5, 0.6) is 0 Å². The van der Waals surface area contributed by atoms with Crippen molar-refractivity contribution in [2.24, 2.45) is 0 Å². The highest BCUT2D eigenvalue weighted by atomic mass is 32.2. The molecule has 0 aliphatic heterocycles. The van der Waals surface area contributed by atoms with Crippen LogP contribution in [0, 0.1) is 0 Å². The molecule has 0 aromatic heterocycles. The first-order valence-electron chi connectivity index (χ1n) is 6.61. The van der Waals surface area contributed by atoms with Gasteiger partial charge in [0.25, 0.3) is 0 Å². The van der Waals surface area contributed by atoms with Gasteiger partial charge < -0.3 is 5.32 Å². The minimum absolute atomic E-state index is 0.408. The molecule has 110 valence electrons. The number of nitrogens with zero attached hydrogens (tertiary/aromatic N) is 1. The van der Waals surface area contributed by atoms with Crippen LogP contribution in [-0.2, 0) is 10.0 Å². The second-order valence-electron chi connectivity index (χ2n) is 5.23. The maximum absolute atomic E-state index is 11.9. The molecule has 2 N–H and O–H groups in total. The fraction of sp³-hybridized carbons (Fsp3) is 1.00. The molecule has 0 fully saturated rings. The monoisotopic (exact) mass is 279 g/mol. The van der Waals surface area contributed by atoms with E-state index >= 15 is 0 Å². The third-order valence-corrected chi connectivity index (χ3v) is 4.85. The molecule has 0 heterocycles. The van der Waals surface area contributed by atoms with E-state index in [4.69, 9.17) is 0 Å². The van der Waals surface area contributed by atoms with E-state index in [1.54, 1.807) is 14.0 Å². The molecular weight excluding hydrogens is 250 g/mol. The Balaban J connectivity index is 4.25. The normalized spacial score (nSPS) is 14.7. The van der Waals surface area contributed by atoms with E-state index < -0.39 is 15.3 Å². The van der Waals surface area contributed by atoms with Crippen LogP contribution in [0.25, 0.3) is 0 Å². The Bertz CT molecular complexity index is 307. The molecule has 18 heavy (non-hydrogen) atoms. The highest BCUT2D eigenvalue weighted by molar-refractivity contribution is 7.90. The van der Waals surface area contributed by atoms with Crippen molar-refractivity contribution in [3.63, 3.8) is 0 Å². The summed E-state index contributed by atoms with van der Waals surface area (Å²) in [5.41, 5.74) is 0. The quantitative estimate of drug-likeness (QED) is 0.650. The molecule has 0 aliphatic rings. The van der Waals surface area contributed by atoms with Crippen molar-refractivity contribution in [3.05, 3.63) is 0 Å². The summed E-state index contributed by atoms with van der Waals surface area (Å²) in [4.78, 5) is 2.27. The number of hydrogen-bond donors (Lipinski definition) is 2. The van der Waals surface area contributed by atoms with Crippen molar-refractivity contribution in [2.45, 2.75) is 52.0 Å². The molecule has 5 nitrogen and oxygen atoms in total. The van der Waals surface area contributed by atoms with E-state index in [-0.39, 0.29) is 0 Å². The minimum atomic E-state index is -3.21. The summed E-state index contributed by atoms with van der Waals surface area (Å²) in [5, 5.41) is 2.47. The standard InChI is InChI=1S/C12H29N3O2S/c1-10(2)15(11(3)4)8-7-14-18(16,17)12(5)9-13-6/h10-14H,7-9H2,1-6H3. The predicted octanol–water partition coefficient (Wildman–Crippen LogP) is 0.633. The van der Waals surface area contributed by atoms with Gasteiger partial charge in [0, 0.05) is 31.7 Å². The SMILES string of the molecule is CNCC(C)S(=O)(=O)NCCN(C(C)C)C(C)C. The van der Waals surface area contributed by atoms with Crippen molar-refractivity contribution in [1.82, 2.24) is 14.9 Å². The van der Waals surface area contributed by atoms with Crippen molar-refractivity contribution < 1.29 is 8.42 Å². The van der Waals surface area contributed by atoms with Crippen LogP contribution in [0.3, 0.4) is 0 Å². The first-order chi connectivity index (χ1) is 8.22. The first kappa shape index (κ1) is 17.8. The zero-order valence-electron chi connectivity index (χ0n) is 12.5. The third-order valence-electron chi connectivity index (χ3n) is 3.02. The van der Waals surface area contributed by atoms with Crippen LogP contribution in [-0.4, -0.2) is 57.3 Å². The summed E-state index contributed by atoms with van der Waals surface area (Å²) in [6.07, 6.45) is 0. The zero-order valence-corrected chi connectivity index (χ0v) is 13.3. The average Bonchev–Trinajstić information content (AvgIpc) is 2.23. The fourth-order valence-corrected chi connectivity index (χ4v) is 3.02. The Hall–Kier alpha value is -0.170. The van der Waals surface area contributed by atoms with Crippen LogP contribution in [0.15, 0.2) is 0 Å². The Kier molecular flexibility index (Phi) is 8.02. The van der Waals surface area contributed by atoms with Crippen LogP contribution >= 0.6 is 0 Å². The Labute approximate surface area is 112 Å². The van der Waals surface area contributed by atoms with Gasteiger partial charge in [-0.3, -0.25) is 4.90 Å². The van der Waals surface area contributed by atoms with Crippen molar-refractivity contribution in [3.8, 4) is 0 Å². The van der Waals surface area contributed by atoms with Crippen LogP contribution in [0.4, 0.5) is 0 Å². The zero-order chi connectivity index (χ0) is 14.3. The molecule has 0 aromatic rings. The van der Waals surface area contributed by atoms with E-state index in [9.17, 15) is 8.42 Å². The molecule has 6 heteroatoms. The molecule has 0 saturated heterocycles. The summed E-state index contributed by atoms with van der Waals surface area (Å²) in [7, 11) is -1.45. The molecule has 1 atom stereocenters. The summed E-state index contributed by atoms with van der Waals surface area (Å²) >= 11 is 0. The maximum atomic E-state index is 11.9. The summed E-state index contributed by atoms with van der Waals surface area (Å²) < 4.78 is 26.4. The van der Waals surface area contributed by atoms with E-state index in [0.29, 0.717) is 25.2 Å². The molecule has 0 amide bonds. The molecule has 0 spiro atoms. The predicted molar refractivity (Wildman–Crippen MR) is 77.3 cm³/mol. The van der Waals surface area contributed by atoms with E-state index in [1.165, 1.54) is 0 Å². The summed E-state index contributed by atoms with van der Waals surface area (Å²) in [6.45, 7) is 11.9. The number of sulfonamides is 1. The van der Waals surface area contributed by atoms with Gasteiger partial charge in [-0.2, -0.15) is 0 Å². The number of hydrogen-bond acceptors (Lipinski definition) is 4. The topological polar surface area (TPSA) is 61.4 Å². The third kappa shape index (κ3) is 6.13. The highest BCUT2D eigenvalue weighted by Crippen LogP contribution is 2.04. The number of nitrogens with one attached hydrogen (secondary N) is 2. The molecular formula is C12H29N3O2S. The van der Waals surface area contributed by atoms with Gasteiger partial charge in [0.15, 0.2) is 0 Å².